The molecule has 2 aliphatic rings. The number of likely N-dealkylation sites (tertiary alicyclic amines) is 1. The fourth-order valence-corrected chi connectivity index (χ4v) is 3.50. The van der Waals surface area contributed by atoms with Gasteiger partial charge in [-0.15, -0.1) is 0 Å². The van der Waals surface area contributed by atoms with E-state index in [-0.39, 0.29) is 6.09 Å². The average Bonchev–Trinajstić information content (AvgIpc) is 2.93. The minimum Gasteiger partial charge on any atom is -0.444 e. The highest BCUT2D eigenvalue weighted by molar-refractivity contribution is 5.68. The van der Waals surface area contributed by atoms with Crippen LogP contribution in [0.4, 0.5) is 4.79 Å². The number of hydrogen-bond acceptors (Lipinski definition) is 4. The van der Waals surface area contributed by atoms with Crippen molar-refractivity contribution in [3.63, 3.8) is 0 Å². The van der Waals surface area contributed by atoms with E-state index in [0.29, 0.717) is 17.9 Å². The number of hydrogen-bond donors (Lipinski definition) is 1. The highest BCUT2D eigenvalue weighted by Gasteiger charge is 2.28. The first-order valence-electron chi connectivity index (χ1n) is 9.19. The number of nitrogens with one attached hydrogen (secondary N) is 1. The van der Waals surface area contributed by atoms with Crippen molar-refractivity contribution < 1.29 is 14.3 Å². The lowest BCUT2D eigenvalue weighted by Crippen LogP contribution is -2.43. The third-order valence-corrected chi connectivity index (χ3v) is 4.85. The predicted molar refractivity (Wildman–Crippen MR) is 91.5 cm³/mol. The minimum atomic E-state index is -0.408. The van der Waals surface area contributed by atoms with Crippen LogP contribution >= 0.6 is 0 Å². The Hall–Kier alpha value is -0.810. The molecule has 0 aromatic heterocycles. The standard InChI is InChI=1S/C18H34N2O3/c1-5-16-15(8-11-22-16)13-19-12-14-6-9-20(10-7-14)17(21)23-18(2,3)4/h14-16,19H,5-13H2,1-4H3. The van der Waals surface area contributed by atoms with Gasteiger partial charge in [0.15, 0.2) is 0 Å². The summed E-state index contributed by atoms with van der Waals surface area (Å²) in [5.74, 6) is 1.33. The number of carbonyl (C=O) groups is 1. The SMILES string of the molecule is CCC1OCCC1CNCC1CCN(C(=O)OC(C)(C)C)CC1. The first-order chi connectivity index (χ1) is 10.9. The molecule has 0 spiro atoms. The maximum absolute atomic E-state index is 12.1. The van der Waals surface area contributed by atoms with Gasteiger partial charge in [0, 0.05) is 26.2 Å². The monoisotopic (exact) mass is 326 g/mol. The summed E-state index contributed by atoms with van der Waals surface area (Å²) in [5.41, 5.74) is -0.408. The Bertz CT molecular complexity index is 373. The molecule has 0 aliphatic carbocycles. The van der Waals surface area contributed by atoms with Gasteiger partial charge < -0.3 is 19.7 Å². The molecule has 5 nitrogen and oxygen atoms in total. The number of rotatable bonds is 5. The highest BCUT2D eigenvalue weighted by Crippen LogP contribution is 2.23. The van der Waals surface area contributed by atoms with Crippen molar-refractivity contribution in [2.45, 2.75) is 65.1 Å². The van der Waals surface area contributed by atoms with Crippen molar-refractivity contribution in [2.24, 2.45) is 11.8 Å². The van der Waals surface area contributed by atoms with Gasteiger partial charge in [0.2, 0.25) is 0 Å². The van der Waals surface area contributed by atoms with E-state index in [0.717, 1.165) is 52.0 Å². The molecule has 134 valence electrons. The number of carbonyl (C=O) groups excluding carboxylic acids is 1. The molecule has 1 amide bonds. The summed E-state index contributed by atoms with van der Waals surface area (Å²) < 4.78 is 11.2. The Morgan fingerprint density at radius 1 is 1.22 bits per heavy atom. The Morgan fingerprint density at radius 2 is 1.91 bits per heavy atom. The van der Waals surface area contributed by atoms with E-state index >= 15 is 0 Å². The summed E-state index contributed by atoms with van der Waals surface area (Å²) in [6.07, 6.45) is 4.69. The van der Waals surface area contributed by atoms with Crippen LogP contribution < -0.4 is 5.32 Å². The summed E-state index contributed by atoms with van der Waals surface area (Å²) in [6.45, 7) is 12.6. The maximum Gasteiger partial charge on any atom is 0.410 e. The van der Waals surface area contributed by atoms with Crippen LogP contribution in [0.15, 0.2) is 0 Å². The van der Waals surface area contributed by atoms with Crippen LogP contribution in [0.25, 0.3) is 0 Å². The molecule has 2 rings (SSSR count). The fourth-order valence-electron chi connectivity index (χ4n) is 3.50. The summed E-state index contributed by atoms with van der Waals surface area (Å²) in [5, 5.41) is 3.63. The van der Waals surface area contributed by atoms with E-state index in [4.69, 9.17) is 9.47 Å². The molecule has 2 saturated heterocycles. The second kappa shape index (κ2) is 8.34. The molecular formula is C18H34N2O3. The van der Waals surface area contributed by atoms with E-state index < -0.39 is 5.60 Å². The second-order valence-electron chi connectivity index (χ2n) is 7.94. The quantitative estimate of drug-likeness (QED) is 0.844. The smallest absolute Gasteiger partial charge is 0.410 e. The number of nitrogens with zero attached hydrogens (tertiary/aromatic N) is 1. The molecule has 5 heteroatoms. The van der Waals surface area contributed by atoms with Crippen LogP contribution in [0.2, 0.25) is 0 Å². The summed E-state index contributed by atoms with van der Waals surface area (Å²) >= 11 is 0. The zero-order valence-electron chi connectivity index (χ0n) is 15.3. The summed E-state index contributed by atoms with van der Waals surface area (Å²) in [7, 11) is 0. The Balaban J connectivity index is 1.62. The average molecular weight is 326 g/mol. The first-order valence-corrected chi connectivity index (χ1v) is 9.19. The van der Waals surface area contributed by atoms with Gasteiger partial charge in [0.05, 0.1) is 6.10 Å². The lowest BCUT2D eigenvalue weighted by Gasteiger charge is -2.33. The fraction of sp³-hybridized carbons (Fsp3) is 0.944. The van der Waals surface area contributed by atoms with Crippen LogP contribution in [0.5, 0.6) is 0 Å². The van der Waals surface area contributed by atoms with Crippen LogP contribution in [0.3, 0.4) is 0 Å². The van der Waals surface area contributed by atoms with Crippen molar-refractivity contribution in [3.8, 4) is 0 Å². The summed E-state index contributed by atoms with van der Waals surface area (Å²) in [6, 6.07) is 0. The van der Waals surface area contributed by atoms with Gasteiger partial charge >= 0.3 is 6.09 Å². The maximum atomic E-state index is 12.1. The van der Waals surface area contributed by atoms with E-state index in [1.807, 2.05) is 25.7 Å². The molecule has 2 aliphatic heterocycles. The summed E-state index contributed by atoms with van der Waals surface area (Å²) in [4.78, 5) is 13.9. The van der Waals surface area contributed by atoms with E-state index in [1.165, 1.54) is 6.42 Å². The topological polar surface area (TPSA) is 50.8 Å². The minimum absolute atomic E-state index is 0.169. The van der Waals surface area contributed by atoms with Gasteiger partial charge in [-0.05, 0) is 64.8 Å². The van der Waals surface area contributed by atoms with Crippen molar-refractivity contribution in [1.29, 1.82) is 0 Å². The Kier molecular flexibility index (Phi) is 6.72. The zero-order valence-corrected chi connectivity index (χ0v) is 15.3. The molecular weight excluding hydrogens is 292 g/mol. The lowest BCUT2D eigenvalue weighted by molar-refractivity contribution is 0.0183. The number of ether oxygens (including phenoxy) is 2. The molecule has 2 unspecified atom stereocenters. The Labute approximate surface area is 141 Å². The number of piperidine rings is 1. The van der Waals surface area contributed by atoms with Crippen molar-refractivity contribution in [3.05, 3.63) is 0 Å². The molecule has 0 aromatic carbocycles. The zero-order chi connectivity index (χ0) is 16.9. The molecule has 2 heterocycles. The van der Waals surface area contributed by atoms with Gasteiger partial charge in [-0.25, -0.2) is 4.79 Å². The molecule has 0 bridgehead atoms. The lowest BCUT2D eigenvalue weighted by atomic mass is 9.95. The number of amides is 1. The third-order valence-electron chi connectivity index (χ3n) is 4.85. The van der Waals surface area contributed by atoms with E-state index in [9.17, 15) is 4.79 Å². The van der Waals surface area contributed by atoms with Crippen LogP contribution in [0, 0.1) is 11.8 Å². The van der Waals surface area contributed by atoms with Crippen LogP contribution in [-0.4, -0.2) is 55.5 Å². The molecule has 2 fully saturated rings. The largest absolute Gasteiger partial charge is 0.444 e. The van der Waals surface area contributed by atoms with Gasteiger partial charge in [0.25, 0.3) is 0 Å². The highest BCUT2D eigenvalue weighted by atomic mass is 16.6. The van der Waals surface area contributed by atoms with Crippen LogP contribution in [-0.2, 0) is 9.47 Å². The van der Waals surface area contributed by atoms with E-state index in [1.54, 1.807) is 0 Å². The van der Waals surface area contributed by atoms with Gasteiger partial charge in [-0.2, -0.15) is 0 Å². The normalized spacial score (nSPS) is 26.5. The molecule has 1 N–H and O–H groups in total. The first kappa shape index (κ1) is 18.5. The Morgan fingerprint density at radius 3 is 2.52 bits per heavy atom. The molecule has 0 radical (unpaired) electrons. The van der Waals surface area contributed by atoms with Gasteiger partial charge in [0.1, 0.15) is 5.60 Å². The molecule has 23 heavy (non-hydrogen) atoms. The molecule has 0 aromatic rings. The van der Waals surface area contributed by atoms with Gasteiger partial charge in [-0.1, -0.05) is 6.92 Å². The van der Waals surface area contributed by atoms with E-state index in [2.05, 4.69) is 12.2 Å². The molecule has 2 atom stereocenters. The predicted octanol–water partition coefficient (Wildman–Crippen LogP) is 3.04. The molecule has 0 saturated carbocycles. The van der Waals surface area contributed by atoms with Crippen molar-refractivity contribution >= 4 is 6.09 Å². The second-order valence-corrected chi connectivity index (χ2v) is 7.94. The van der Waals surface area contributed by atoms with Crippen LogP contribution in [0.1, 0.15) is 53.4 Å². The van der Waals surface area contributed by atoms with Gasteiger partial charge in [-0.3, -0.25) is 0 Å². The third kappa shape index (κ3) is 5.96. The van der Waals surface area contributed by atoms with Crippen molar-refractivity contribution in [2.75, 3.05) is 32.8 Å². The van der Waals surface area contributed by atoms with Crippen molar-refractivity contribution in [1.82, 2.24) is 10.2 Å².